The van der Waals surface area contributed by atoms with Crippen molar-refractivity contribution in [2.45, 2.75) is 20.8 Å². The first-order valence-corrected chi connectivity index (χ1v) is 9.79. The van der Waals surface area contributed by atoms with Crippen LogP contribution < -0.4 is 21.4 Å². The summed E-state index contributed by atoms with van der Waals surface area (Å²) in [5, 5.41) is 4.31. The van der Waals surface area contributed by atoms with E-state index in [-0.39, 0.29) is 11.4 Å². The highest BCUT2D eigenvalue weighted by molar-refractivity contribution is 6.04. The lowest BCUT2D eigenvalue weighted by atomic mass is 9.98. The molecule has 6 heteroatoms. The van der Waals surface area contributed by atoms with Gasteiger partial charge in [-0.1, -0.05) is 24.3 Å². The lowest BCUT2D eigenvalue weighted by Crippen LogP contribution is -2.42. The average molecular weight is 417 g/mol. The van der Waals surface area contributed by atoms with Crippen LogP contribution in [0.1, 0.15) is 29.8 Å². The Bertz CT molecular complexity index is 1350. The fourth-order valence-electron chi connectivity index (χ4n) is 3.30. The van der Waals surface area contributed by atoms with Gasteiger partial charge in [0.05, 0.1) is 11.5 Å². The predicted octanol–water partition coefficient (Wildman–Crippen LogP) is 3.30. The standard InChI is InChI=1S/C25H24FN3O2/c1-6-17-12-21(25(31)29(5)22(17)11-15(2)3)20-13-18(8-7-16(20)4)24(30)28-23-10-9-19(26)14-27-23/h6-14H,2H2,1,3-5H3,(H,27,28,30)/b17-6?,22-11+. The number of pyridine rings is 2. The normalized spacial score (nSPS) is 12.2. The molecular formula is C25H24FN3O2. The van der Waals surface area contributed by atoms with Crippen LogP contribution in [0.15, 0.2) is 59.5 Å². The number of carbonyl (C=O) groups is 1. The zero-order valence-corrected chi connectivity index (χ0v) is 18.0. The number of allylic oxidation sites excluding steroid dienone is 1. The molecule has 0 aliphatic rings. The van der Waals surface area contributed by atoms with Gasteiger partial charge in [-0.3, -0.25) is 9.59 Å². The summed E-state index contributed by atoms with van der Waals surface area (Å²) >= 11 is 0. The van der Waals surface area contributed by atoms with Gasteiger partial charge in [-0.05, 0) is 73.5 Å². The molecule has 1 amide bonds. The average Bonchev–Trinajstić information content (AvgIpc) is 2.73. The molecule has 1 N–H and O–H groups in total. The summed E-state index contributed by atoms with van der Waals surface area (Å²) in [7, 11) is 1.72. The van der Waals surface area contributed by atoms with Gasteiger partial charge in [0.2, 0.25) is 0 Å². The largest absolute Gasteiger partial charge is 0.311 e. The van der Waals surface area contributed by atoms with Crippen LogP contribution in [0.5, 0.6) is 0 Å². The lowest BCUT2D eigenvalue weighted by molar-refractivity contribution is 0.102. The Hall–Kier alpha value is -3.80. The van der Waals surface area contributed by atoms with Crippen LogP contribution in [-0.2, 0) is 7.05 Å². The Morgan fingerprint density at radius 2 is 1.94 bits per heavy atom. The van der Waals surface area contributed by atoms with E-state index < -0.39 is 11.7 Å². The molecule has 31 heavy (non-hydrogen) atoms. The molecule has 3 aromatic rings. The summed E-state index contributed by atoms with van der Waals surface area (Å²) < 4.78 is 14.6. The first-order chi connectivity index (χ1) is 14.7. The van der Waals surface area contributed by atoms with Gasteiger partial charge < -0.3 is 9.88 Å². The van der Waals surface area contributed by atoms with Crippen molar-refractivity contribution in [2.24, 2.45) is 7.05 Å². The second-order valence-corrected chi connectivity index (χ2v) is 7.39. The second kappa shape index (κ2) is 8.92. The topological polar surface area (TPSA) is 64.0 Å². The molecule has 1 aromatic carbocycles. The van der Waals surface area contributed by atoms with E-state index in [1.165, 1.54) is 12.1 Å². The predicted molar refractivity (Wildman–Crippen MR) is 123 cm³/mol. The number of benzene rings is 1. The highest BCUT2D eigenvalue weighted by Crippen LogP contribution is 2.21. The zero-order chi connectivity index (χ0) is 22.7. The number of nitrogens with zero attached hydrogens (tertiary/aromatic N) is 2. The molecule has 0 aliphatic carbocycles. The summed E-state index contributed by atoms with van der Waals surface area (Å²) in [5.41, 5.74) is 3.08. The molecular weight excluding hydrogens is 393 g/mol. The van der Waals surface area contributed by atoms with Crippen molar-refractivity contribution in [3.05, 3.63) is 92.6 Å². The maximum Gasteiger partial charge on any atom is 0.258 e. The fraction of sp³-hybridized carbons (Fsp3) is 0.160. The molecule has 0 aliphatic heterocycles. The Kier molecular flexibility index (Phi) is 6.30. The first-order valence-electron chi connectivity index (χ1n) is 9.79. The molecule has 2 aromatic heterocycles. The van der Waals surface area contributed by atoms with E-state index in [0.717, 1.165) is 27.9 Å². The minimum absolute atomic E-state index is 0.168. The minimum atomic E-state index is -0.484. The number of aromatic nitrogens is 2. The van der Waals surface area contributed by atoms with Gasteiger partial charge in [-0.2, -0.15) is 0 Å². The molecule has 3 rings (SSSR count). The van der Waals surface area contributed by atoms with E-state index in [2.05, 4.69) is 16.9 Å². The highest BCUT2D eigenvalue weighted by Gasteiger charge is 2.14. The zero-order valence-electron chi connectivity index (χ0n) is 18.0. The molecule has 5 nitrogen and oxygen atoms in total. The van der Waals surface area contributed by atoms with E-state index in [4.69, 9.17) is 0 Å². The third kappa shape index (κ3) is 4.69. The maximum absolute atomic E-state index is 13.1. The van der Waals surface area contributed by atoms with Crippen molar-refractivity contribution in [3.63, 3.8) is 0 Å². The Morgan fingerprint density at radius 3 is 2.55 bits per heavy atom. The molecule has 158 valence electrons. The molecule has 0 saturated carbocycles. The fourth-order valence-corrected chi connectivity index (χ4v) is 3.30. The summed E-state index contributed by atoms with van der Waals surface area (Å²) in [6.45, 7) is 9.58. The number of amides is 1. The van der Waals surface area contributed by atoms with Gasteiger partial charge in [0.25, 0.3) is 11.5 Å². The number of hydrogen-bond acceptors (Lipinski definition) is 3. The summed E-state index contributed by atoms with van der Waals surface area (Å²) in [6, 6.07) is 9.61. The van der Waals surface area contributed by atoms with Crippen molar-refractivity contribution in [2.75, 3.05) is 5.32 Å². The van der Waals surface area contributed by atoms with Gasteiger partial charge in [-0.25, -0.2) is 9.37 Å². The van der Waals surface area contributed by atoms with E-state index in [9.17, 15) is 14.0 Å². The van der Waals surface area contributed by atoms with Gasteiger partial charge in [0, 0.05) is 18.2 Å². The third-order valence-electron chi connectivity index (χ3n) is 4.95. The Labute approximate surface area is 179 Å². The number of halogens is 1. The summed E-state index contributed by atoms with van der Waals surface area (Å²) in [5.74, 6) is -0.638. The van der Waals surface area contributed by atoms with Crippen LogP contribution in [-0.4, -0.2) is 15.5 Å². The van der Waals surface area contributed by atoms with Gasteiger partial charge in [0.1, 0.15) is 11.6 Å². The molecule has 0 fully saturated rings. The van der Waals surface area contributed by atoms with E-state index in [0.29, 0.717) is 16.7 Å². The van der Waals surface area contributed by atoms with E-state index in [1.807, 2.05) is 39.0 Å². The second-order valence-electron chi connectivity index (χ2n) is 7.39. The van der Waals surface area contributed by atoms with Crippen LogP contribution in [0.2, 0.25) is 0 Å². The van der Waals surface area contributed by atoms with Crippen molar-refractivity contribution in [3.8, 4) is 11.1 Å². The SMILES string of the molecule is C=C(C)/C=c1\c(=CC)cc(-c2cc(C(=O)Nc3ccc(F)cn3)ccc2C)c(=O)n1C. The molecule has 2 heterocycles. The minimum Gasteiger partial charge on any atom is -0.311 e. The van der Waals surface area contributed by atoms with Crippen molar-refractivity contribution in [1.82, 2.24) is 9.55 Å². The van der Waals surface area contributed by atoms with Crippen molar-refractivity contribution in [1.29, 1.82) is 0 Å². The number of nitrogens with one attached hydrogen (secondary N) is 1. The molecule has 0 unspecified atom stereocenters. The van der Waals surface area contributed by atoms with Crippen molar-refractivity contribution >= 4 is 23.9 Å². The smallest absolute Gasteiger partial charge is 0.258 e. The van der Waals surface area contributed by atoms with Crippen LogP contribution in [0.3, 0.4) is 0 Å². The molecule has 0 atom stereocenters. The van der Waals surface area contributed by atoms with Gasteiger partial charge in [0.15, 0.2) is 0 Å². The molecule has 0 bridgehead atoms. The lowest BCUT2D eigenvalue weighted by Gasteiger charge is -2.11. The molecule has 0 radical (unpaired) electrons. The first kappa shape index (κ1) is 21.9. The maximum atomic E-state index is 13.1. The Balaban J connectivity index is 2.11. The molecule has 0 spiro atoms. The van der Waals surface area contributed by atoms with Gasteiger partial charge >= 0.3 is 0 Å². The quantitative estimate of drug-likeness (QED) is 0.709. The van der Waals surface area contributed by atoms with Crippen LogP contribution in [0.25, 0.3) is 23.3 Å². The number of rotatable bonds is 4. The number of carbonyl (C=O) groups excluding carboxylic acids is 1. The van der Waals surface area contributed by atoms with Gasteiger partial charge in [-0.15, -0.1) is 0 Å². The van der Waals surface area contributed by atoms with E-state index in [1.54, 1.807) is 29.8 Å². The number of aryl methyl sites for hydroxylation is 1. The third-order valence-corrected chi connectivity index (χ3v) is 4.95. The monoisotopic (exact) mass is 417 g/mol. The summed E-state index contributed by atoms with van der Waals surface area (Å²) in [6.07, 6.45) is 4.84. The molecule has 0 saturated heterocycles. The van der Waals surface area contributed by atoms with Crippen LogP contribution in [0, 0.1) is 12.7 Å². The number of hydrogen-bond donors (Lipinski definition) is 1. The highest BCUT2D eigenvalue weighted by atomic mass is 19.1. The number of anilines is 1. The summed E-state index contributed by atoms with van der Waals surface area (Å²) in [4.78, 5) is 29.7. The van der Waals surface area contributed by atoms with Crippen LogP contribution >= 0.6 is 0 Å². The van der Waals surface area contributed by atoms with Crippen molar-refractivity contribution < 1.29 is 9.18 Å². The van der Waals surface area contributed by atoms with E-state index >= 15 is 0 Å². The Morgan fingerprint density at radius 1 is 1.19 bits per heavy atom. The van der Waals surface area contributed by atoms with Crippen LogP contribution in [0.4, 0.5) is 10.2 Å².